The maximum Gasteiger partial charge on any atom is 0.242 e. The number of rotatable bonds is 4. The second-order valence-corrected chi connectivity index (χ2v) is 6.83. The van der Waals surface area contributed by atoms with E-state index in [1.54, 1.807) is 6.92 Å². The highest BCUT2D eigenvalue weighted by Crippen LogP contribution is 2.26. The molecule has 1 amide bonds. The molecule has 0 bridgehead atoms. The molecule has 0 atom stereocenters. The Balaban J connectivity index is 1.93. The Morgan fingerprint density at radius 1 is 1.00 bits per heavy atom. The van der Waals surface area contributed by atoms with Crippen molar-refractivity contribution in [2.45, 2.75) is 46.1 Å². The Kier molecular flexibility index (Phi) is 5.37. The number of nitrogens with zero attached hydrogens (tertiary/aromatic N) is 2. The van der Waals surface area contributed by atoms with E-state index in [1.165, 1.54) is 12.8 Å². The molecule has 1 saturated heterocycles. The van der Waals surface area contributed by atoms with Crippen LogP contribution in [0, 0.1) is 6.92 Å². The molecule has 1 fully saturated rings. The fourth-order valence-corrected chi connectivity index (χ4v) is 3.61. The van der Waals surface area contributed by atoms with Crippen LogP contribution in [0.3, 0.4) is 0 Å². The zero-order valence-corrected chi connectivity index (χ0v) is 15.1. The minimum absolute atomic E-state index is 0.0376. The van der Waals surface area contributed by atoms with Gasteiger partial charge in [0.25, 0.3) is 0 Å². The molecule has 0 aliphatic carbocycles. The zero-order chi connectivity index (χ0) is 17.8. The third-order valence-corrected chi connectivity index (χ3v) is 5.07. The molecule has 4 nitrogen and oxygen atoms in total. The van der Waals surface area contributed by atoms with E-state index in [4.69, 9.17) is 0 Å². The summed E-state index contributed by atoms with van der Waals surface area (Å²) in [6, 6.07) is 11.9. The number of aromatic nitrogens is 1. The molecule has 25 heavy (non-hydrogen) atoms. The molecule has 0 saturated carbocycles. The molecule has 4 heteroatoms. The first-order valence-electron chi connectivity index (χ1n) is 9.12. The monoisotopic (exact) mass is 338 g/mol. The van der Waals surface area contributed by atoms with E-state index in [9.17, 15) is 9.59 Å². The van der Waals surface area contributed by atoms with Crippen molar-refractivity contribution < 1.29 is 9.59 Å². The predicted molar refractivity (Wildman–Crippen MR) is 99.7 cm³/mol. The lowest BCUT2D eigenvalue weighted by Gasteiger charge is -2.22. The van der Waals surface area contributed by atoms with E-state index in [0.29, 0.717) is 12.1 Å². The SMILES string of the molecule is CC(=O)c1cc(-c2ccccc2)n(CC(=O)N2CCCCCC2)c1C. The van der Waals surface area contributed by atoms with Crippen molar-refractivity contribution in [3.05, 3.63) is 47.7 Å². The van der Waals surface area contributed by atoms with Crippen LogP contribution in [0.4, 0.5) is 0 Å². The zero-order valence-electron chi connectivity index (χ0n) is 15.1. The van der Waals surface area contributed by atoms with Crippen molar-refractivity contribution in [2.75, 3.05) is 13.1 Å². The topological polar surface area (TPSA) is 42.3 Å². The van der Waals surface area contributed by atoms with Crippen molar-refractivity contribution in [3.8, 4) is 11.3 Å². The normalized spacial score (nSPS) is 15.0. The van der Waals surface area contributed by atoms with Gasteiger partial charge in [0.1, 0.15) is 6.54 Å². The summed E-state index contributed by atoms with van der Waals surface area (Å²) >= 11 is 0. The molecule has 2 heterocycles. The van der Waals surface area contributed by atoms with Gasteiger partial charge in [-0.2, -0.15) is 0 Å². The van der Waals surface area contributed by atoms with Gasteiger partial charge in [0.15, 0.2) is 5.78 Å². The van der Waals surface area contributed by atoms with Crippen molar-refractivity contribution in [1.82, 2.24) is 9.47 Å². The molecule has 2 aromatic rings. The van der Waals surface area contributed by atoms with E-state index in [-0.39, 0.29) is 11.7 Å². The molecule has 3 rings (SSSR count). The van der Waals surface area contributed by atoms with E-state index < -0.39 is 0 Å². The first-order valence-corrected chi connectivity index (χ1v) is 9.12. The van der Waals surface area contributed by atoms with Gasteiger partial charge in [-0.3, -0.25) is 9.59 Å². The number of Topliss-reactive ketones (excluding diaryl/α,β-unsaturated/α-hetero) is 1. The number of ketones is 1. The van der Waals surface area contributed by atoms with Crippen LogP contribution in [-0.2, 0) is 11.3 Å². The molecule has 1 aliphatic heterocycles. The van der Waals surface area contributed by atoms with Gasteiger partial charge in [0.2, 0.25) is 5.91 Å². The third-order valence-electron chi connectivity index (χ3n) is 5.07. The second kappa shape index (κ2) is 7.68. The van der Waals surface area contributed by atoms with Gasteiger partial charge in [0, 0.05) is 30.0 Å². The van der Waals surface area contributed by atoms with Crippen LogP contribution < -0.4 is 0 Å². The van der Waals surface area contributed by atoms with Gasteiger partial charge in [-0.15, -0.1) is 0 Å². The van der Waals surface area contributed by atoms with Crippen LogP contribution in [-0.4, -0.2) is 34.2 Å². The molecule has 132 valence electrons. The highest BCUT2D eigenvalue weighted by atomic mass is 16.2. The van der Waals surface area contributed by atoms with Crippen molar-refractivity contribution in [1.29, 1.82) is 0 Å². The number of carbonyl (C=O) groups excluding carboxylic acids is 2. The maximum atomic E-state index is 12.9. The van der Waals surface area contributed by atoms with Crippen LogP contribution in [0.5, 0.6) is 0 Å². The summed E-state index contributed by atoms with van der Waals surface area (Å²) in [6.45, 7) is 5.50. The Labute approximate surface area is 149 Å². The van der Waals surface area contributed by atoms with Crippen molar-refractivity contribution >= 4 is 11.7 Å². The molecule has 1 aromatic carbocycles. The smallest absolute Gasteiger partial charge is 0.242 e. The van der Waals surface area contributed by atoms with Gasteiger partial charge in [-0.05, 0) is 38.3 Å². The Bertz CT molecular complexity index is 754. The highest BCUT2D eigenvalue weighted by molar-refractivity contribution is 5.97. The average Bonchev–Trinajstić information content (AvgIpc) is 2.80. The number of benzene rings is 1. The summed E-state index contributed by atoms with van der Waals surface area (Å²) in [6.07, 6.45) is 4.58. The lowest BCUT2D eigenvalue weighted by atomic mass is 10.1. The number of carbonyl (C=O) groups is 2. The number of amides is 1. The van der Waals surface area contributed by atoms with Crippen LogP contribution in [0.25, 0.3) is 11.3 Å². The Morgan fingerprint density at radius 3 is 2.24 bits per heavy atom. The summed E-state index contributed by atoms with van der Waals surface area (Å²) < 4.78 is 2.00. The predicted octanol–water partition coefficient (Wildman–Crippen LogP) is 4.07. The highest BCUT2D eigenvalue weighted by Gasteiger charge is 2.21. The molecule has 0 unspecified atom stereocenters. The number of hydrogen-bond acceptors (Lipinski definition) is 2. The molecular weight excluding hydrogens is 312 g/mol. The van der Waals surface area contributed by atoms with Gasteiger partial charge in [-0.1, -0.05) is 43.2 Å². The van der Waals surface area contributed by atoms with Crippen LogP contribution >= 0.6 is 0 Å². The Hall–Kier alpha value is -2.36. The fraction of sp³-hybridized carbons (Fsp3) is 0.429. The summed E-state index contributed by atoms with van der Waals surface area (Å²) in [5.74, 6) is 0.184. The van der Waals surface area contributed by atoms with Crippen molar-refractivity contribution in [2.24, 2.45) is 0 Å². The van der Waals surface area contributed by atoms with Gasteiger partial charge >= 0.3 is 0 Å². The molecule has 1 aromatic heterocycles. The second-order valence-electron chi connectivity index (χ2n) is 6.83. The van der Waals surface area contributed by atoms with Crippen LogP contribution in [0.15, 0.2) is 36.4 Å². The molecule has 1 aliphatic rings. The quantitative estimate of drug-likeness (QED) is 0.789. The minimum Gasteiger partial charge on any atom is -0.341 e. The average molecular weight is 338 g/mol. The minimum atomic E-state index is 0.0376. The summed E-state index contributed by atoms with van der Waals surface area (Å²) in [5, 5.41) is 0. The summed E-state index contributed by atoms with van der Waals surface area (Å²) in [4.78, 5) is 26.8. The maximum absolute atomic E-state index is 12.9. The molecule has 0 N–H and O–H groups in total. The molecule has 0 radical (unpaired) electrons. The van der Waals surface area contributed by atoms with Gasteiger partial charge in [0.05, 0.1) is 0 Å². The van der Waals surface area contributed by atoms with E-state index in [1.807, 2.05) is 52.8 Å². The lowest BCUT2D eigenvalue weighted by molar-refractivity contribution is -0.131. The Morgan fingerprint density at radius 2 is 1.64 bits per heavy atom. The lowest BCUT2D eigenvalue weighted by Crippen LogP contribution is -2.35. The largest absolute Gasteiger partial charge is 0.341 e. The first kappa shape index (κ1) is 17.5. The summed E-state index contributed by atoms with van der Waals surface area (Å²) in [5.41, 5.74) is 3.53. The van der Waals surface area contributed by atoms with Gasteiger partial charge < -0.3 is 9.47 Å². The van der Waals surface area contributed by atoms with Crippen LogP contribution in [0.1, 0.15) is 48.7 Å². The first-order chi connectivity index (χ1) is 12.1. The number of hydrogen-bond donors (Lipinski definition) is 0. The van der Waals surface area contributed by atoms with E-state index in [2.05, 4.69) is 0 Å². The standard InChI is InChI=1S/C21H26N2O2/c1-16-19(17(2)24)14-20(18-10-6-5-7-11-18)23(16)15-21(25)22-12-8-3-4-9-13-22/h5-7,10-11,14H,3-4,8-9,12-13,15H2,1-2H3. The summed E-state index contributed by atoms with van der Waals surface area (Å²) in [7, 11) is 0. The van der Waals surface area contributed by atoms with Crippen molar-refractivity contribution in [3.63, 3.8) is 0 Å². The van der Waals surface area contributed by atoms with Crippen LogP contribution in [0.2, 0.25) is 0 Å². The molecular formula is C21H26N2O2. The third kappa shape index (κ3) is 3.84. The molecule has 0 spiro atoms. The van der Waals surface area contributed by atoms with Gasteiger partial charge in [-0.25, -0.2) is 0 Å². The van der Waals surface area contributed by atoms with E-state index in [0.717, 1.165) is 42.9 Å². The van der Waals surface area contributed by atoms with E-state index >= 15 is 0 Å². The fourth-order valence-electron chi connectivity index (χ4n) is 3.61. The number of likely N-dealkylation sites (tertiary alicyclic amines) is 1.